The van der Waals surface area contributed by atoms with Crippen molar-refractivity contribution >= 4 is 28.1 Å². The van der Waals surface area contributed by atoms with Crippen molar-refractivity contribution in [3.63, 3.8) is 0 Å². The maximum absolute atomic E-state index is 10.8. The fourth-order valence-corrected chi connectivity index (χ4v) is 2.41. The summed E-state index contributed by atoms with van der Waals surface area (Å²) in [5.74, 6) is -0.412. The average molecular weight is 293 g/mol. The Bertz CT molecular complexity index is 627. The molecule has 1 aromatic carbocycles. The largest absolute Gasteiger partial charge is 0.495 e. The van der Waals surface area contributed by atoms with Gasteiger partial charge in [0.15, 0.2) is 5.13 Å². The van der Waals surface area contributed by atoms with E-state index < -0.39 is 12.0 Å². The predicted octanol–water partition coefficient (Wildman–Crippen LogP) is 2.29. The summed E-state index contributed by atoms with van der Waals surface area (Å²) in [5.41, 5.74) is 7.70. The Hall–Kier alpha value is -2.12. The molecule has 0 saturated heterocycles. The highest BCUT2D eigenvalue weighted by Crippen LogP contribution is 2.30. The number of carboxylic acid groups (broad SMARTS) is 1. The third-order valence-electron chi connectivity index (χ3n) is 2.70. The van der Waals surface area contributed by atoms with Crippen LogP contribution < -0.4 is 15.8 Å². The van der Waals surface area contributed by atoms with E-state index in [0.717, 1.165) is 11.3 Å². The molecular formula is C13H15N3O3S. The number of hydrogen-bond acceptors (Lipinski definition) is 6. The number of nitrogens with one attached hydrogen (secondary N) is 1. The fraction of sp³-hybridized carbons (Fsp3) is 0.231. The zero-order chi connectivity index (χ0) is 14.7. The topological polar surface area (TPSA) is 97.5 Å². The second-order valence-electron chi connectivity index (χ2n) is 4.22. The summed E-state index contributed by atoms with van der Waals surface area (Å²) < 4.78 is 5.26. The van der Waals surface area contributed by atoms with Gasteiger partial charge in [0.2, 0.25) is 0 Å². The maximum atomic E-state index is 10.8. The van der Waals surface area contributed by atoms with Gasteiger partial charge in [-0.05, 0) is 24.6 Å². The summed E-state index contributed by atoms with van der Waals surface area (Å²) >= 11 is 1.29. The van der Waals surface area contributed by atoms with Gasteiger partial charge in [-0.3, -0.25) is 4.79 Å². The number of aliphatic carboxylic acids is 1. The normalized spacial score (nSPS) is 11.9. The Balaban J connectivity index is 2.22. The quantitative estimate of drug-likeness (QED) is 0.782. The third-order valence-corrected chi connectivity index (χ3v) is 3.48. The number of carboxylic acids is 1. The lowest BCUT2D eigenvalue weighted by Crippen LogP contribution is -2.20. The maximum Gasteiger partial charge on any atom is 0.326 e. The number of rotatable bonds is 5. The van der Waals surface area contributed by atoms with E-state index in [2.05, 4.69) is 10.3 Å². The van der Waals surface area contributed by atoms with E-state index in [1.807, 2.05) is 25.1 Å². The van der Waals surface area contributed by atoms with Gasteiger partial charge in [-0.2, -0.15) is 0 Å². The minimum Gasteiger partial charge on any atom is -0.495 e. The number of thiazole rings is 1. The molecule has 20 heavy (non-hydrogen) atoms. The van der Waals surface area contributed by atoms with Crippen LogP contribution in [0.5, 0.6) is 5.75 Å². The van der Waals surface area contributed by atoms with Crippen LogP contribution in [-0.2, 0) is 4.79 Å². The van der Waals surface area contributed by atoms with Gasteiger partial charge in [-0.15, -0.1) is 11.3 Å². The summed E-state index contributed by atoms with van der Waals surface area (Å²) in [7, 11) is 1.59. The molecule has 0 fully saturated rings. The Morgan fingerprint density at radius 2 is 2.30 bits per heavy atom. The molecule has 0 aliphatic heterocycles. The van der Waals surface area contributed by atoms with Crippen molar-refractivity contribution in [3.05, 3.63) is 34.8 Å². The molecule has 6 nitrogen and oxygen atoms in total. The minimum absolute atomic E-state index is 0.330. The number of aryl methyl sites for hydroxylation is 1. The van der Waals surface area contributed by atoms with Gasteiger partial charge < -0.3 is 20.9 Å². The number of nitrogens with two attached hydrogens (primary N) is 1. The average Bonchev–Trinajstić information content (AvgIpc) is 2.86. The highest BCUT2D eigenvalue weighted by molar-refractivity contribution is 7.13. The van der Waals surface area contributed by atoms with Gasteiger partial charge in [0.25, 0.3) is 0 Å². The summed E-state index contributed by atoms with van der Waals surface area (Å²) in [6.45, 7) is 1.97. The Kier molecular flexibility index (Phi) is 4.21. The molecule has 1 unspecified atom stereocenters. The Labute approximate surface area is 120 Å². The van der Waals surface area contributed by atoms with Crippen molar-refractivity contribution < 1.29 is 14.6 Å². The predicted molar refractivity (Wildman–Crippen MR) is 77.7 cm³/mol. The third kappa shape index (κ3) is 3.06. The fourth-order valence-electron chi connectivity index (χ4n) is 1.65. The highest BCUT2D eigenvalue weighted by atomic mass is 32.1. The van der Waals surface area contributed by atoms with E-state index in [-0.39, 0.29) is 0 Å². The smallest absolute Gasteiger partial charge is 0.326 e. The lowest BCUT2D eigenvalue weighted by molar-refractivity contribution is -0.138. The zero-order valence-electron chi connectivity index (χ0n) is 11.1. The van der Waals surface area contributed by atoms with E-state index in [4.69, 9.17) is 15.6 Å². The van der Waals surface area contributed by atoms with Crippen LogP contribution in [0.4, 0.5) is 10.8 Å². The molecule has 1 aromatic heterocycles. The minimum atomic E-state index is -1.11. The summed E-state index contributed by atoms with van der Waals surface area (Å²) in [4.78, 5) is 15.0. The second-order valence-corrected chi connectivity index (χ2v) is 5.08. The van der Waals surface area contributed by atoms with E-state index in [1.165, 1.54) is 11.3 Å². The summed E-state index contributed by atoms with van der Waals surface area (Å²) in [5, 5.41) is 14.2. The van der Waals surface area contributed by atoms with Gasteiger partial charge in [0.1, 0.15) is 11.8 Å². The van der Waals surface area contributed by atoms with Gasteiger partial charge in [-0.25, -0.2) is 4.98 Å². The van der Waals surface area contributed by atoms with Crippen LogP contribution in [0.3, 0.4) is 0 Å². The van der Waals surface area contributed by atoms with Crippen LogP contribution in [-0.4, -0.2) is 23.2 Å². The lowest BCUT2D eigenvalue weighted by atomic mass is 10.2. The molecule has 0 aliphatic rings. The molecule has 0 bridgehead atoms. The molecule has 7 heteroatoms. The van der Waals surface area contributed by atoms with Crippen molar-refractivity contribution in [2.75, 3.05) is 12.4 Å². The lowest BCUT2D eigenvalue weighted by Gasteiger charge is -2.09. The van der Waals surface area contributed by atoms with E-state index in [9.17, 15) is 4.79 Å². The van der Waals surface area contributed by atoms with Gasteiger partial charge in [0.05, 0.1) is 18.5 Å². The number of hydrogen-bond donors (Lipinski definition) is 3. The van der Waals surface area contributed by atoms with Crippen LogP contribution in [0.25, 0.3) is 0 Å². The molecule has 0 saturated carbocycles. The van der Waals surface area contributed by atoms with Crippen LogP contribution in [0.2, 0.25) is 0 Å². The SMILES string of the molecule is COc1ccc(C)cc1Nc1nc(C(N)C(=O)O)cs1. The van der Waals surface area contributed by atoms with Gasteiger partial charge in [-0.1, -0.05) is 6.07 Å². The standard InChI is InChI=1S/C13H15N3O3S/c1-7-3-4-10(19-2)8(5-7)15-13-16-9(6-20-13)11(14)12(17)18/h3-6,11H,14H2,1-2H3,(H,15,16)(H,17,18). The number of anilines is 2. The van der Waals surface area contributed by atoms with E-state index in [0.29, 0.717) is 16.6 Å². The van der Waals surface area contributed by atoms with Crippen molar-refractivity contribution in [3.8, 4) is 5.75 Å². The molecule has 1 atom stereocenters. The van der Waals surface area contributed by atoms with Crippen LogP contribution >= 0.6 is 11.3 Å². The first-order valence-corrected chi connectivity index (χ1v) is 6.74. The molecule has 0 amide bonds. The molecule has 1 heterocycles. The summed E-state index contributed by atoms with van der Waals surface area (Å²) in [6.07, 6.45) is 0. The van der Waals surface area contributed by atoms with Crippen molar-refractivity contribution in [2.24, 2.45) is 5.73 Å². The van der Waals surface area contributed by atoms with Crippen LogP contribution in [0.1, 0.15) is 17.3 Å². The highest BCUT2D eigenvalue weighted by Gasteiger charge is 2.18. The first kappa shape index (κ1) is 14.3. The first-order valence-electron chi connectivity index (χ1n) is 5.86. The summed E-state index contributed by atoms with van der Waals surface area (Å²) in [6, 6.07) is 4.62. The number of benzene rings is 1. The van der Waals surface area contributed by atoms with Crippen LogP contribution in [0, 0.1) is 6.92 Å². The van der Waals surface area contributed by atoms with Crippen LogP contribution in [0.15, 0.2) is 23.6 Å². The first-order chi connectivity index (χ1) is 9.51. The Morgan fingerprint density at radius 1 is 1.55 bits per heavy atom. The number of carbonyl (C=O) groups is 1. The van der Waals surface area contributed by atoms with E-state index >= 15 is 0 Å². The van der Waals surface area contributed by atoms with E-state index in [1.54, 1.807) is 12.5 Å². The molecule has 2 rings (SSSR count). The van der Waals surface area contributed by atoms with Crippen molar-refractivity contribution in [1.82, 2.24) is 4.98 Å². The molecule has 106 valence electrons. The molecular weight excluding hydrogens is 278 g/mol. The molecule has 0 spiro atoms. The van der Waals surface area contributed by atoms with Crippen molar-refractivity contribution in [2.45, 2.75) is 13.0 Å². The number of aromatic nitrogens is 1. The van der Waals surface area contributed by atoms with Gasteiger partial charge in [0, 0.05) is 5.38 Å². The number of nitrogens with zero attached hydrogens (tertiary/aromatic N) is 1. The molecule has 4 N–H and O–H groups in total. The Morgan fingerprint density at radius 3 is 2.95 bits per heavy atom. The second kappa shape index (κ2) is 5.89. The molecule has 0 aliphatic carbocycles. The zero-order valence-corrected chi connectivity index (χ0v) is 11.9. The van der Waals surface area contributed by atoms with Gasteiger partial charge >= 0.3 is 5.97 Å². The number of methoxy groups -OCH3 is 1. The van der Waals surface area contributed by atoms with Crippen molar-refractivity contribution in [1.29, 1.82) is 0 Å². The molecule has 0 radical (unpaired) electrons. The monoisotopic (exact) mass is 293 g/mol. The number of ether oxygens (including phenoxy) is 1. The molecule has 2 aromatic rings.